The van der Waals surface area contributed by atoms with Crippen LogP contribution in [0.15, 0.2) is 47.5 Å². The molecule has 0 radical (unpaired) electrons. The highest BCUT2D eigenvalue weighted by Gasteiger charge is 2.28. The van der Waals surface area contributed by atoms with Crippen molar-refractivity contribution in [3.8, 4) is 5.75 Å². The summed E-state index contributed by atoms with van der Waals surface area (Å²) in [6.45, 7) is 9.82. The lowest BCUT2D eigenvalue weighted by Crippen LogP contribution is -2.40. The number of alkyl halides is 1. The molecule has 6 nitrogen and oxygen atoms in total. The van der Waals surface area contributed by atoms with Crippen LogP contribution >= 0.6 is 0 Å². The first-order valence-electron chi connectivity index (χ1n) is 11.2. The van der Waals surface area contributed by atoms with E-state index in [0.29, 0.717) is 30.6 Å². The van der Waals surface area contributed by atoms with Gasteiger partial charge in [-0.05, 0) is 60.7 Å². The maximum atomic E-state index is 14.0. The van der Waals surface area contributed by atoms with Gasteiger partial charge < -0.3 is 10.1 Å². The summed E-state index contributed by atoms with van der Waals surface area (Å²) in [7, 11) is -3.80. The molecule has 1 N–H and O–H groups in total. The maximum Gasteiger partial charge on any atom is 0.265 e. The van der Waals surface area contributed by atoms with E-state index in [1.165, 1.54) is 16.4 Å². The lowest BCUT2D eigenvalue weighted by Gasteiger charge is -2.27. The zero-order chi connectivity index (χ0) is 23.3. The first kappa shape index (κ1) is 24.5. The summed E-state index contributed by atoms with van der Waals surface area (Å²) >= 11 is 0. The first-order valence-corrected chi connectivity index (χ1v) is 12.7. The lowest BCUT2D eigenvalue weighted by molar-refractivity contribution is 0.122. The Morgan fingerprint density at radius 3 is 2.44 bits per heavy atom. The highest BCUT2D eigenvalue weighted by molar-refractivity contribution is 7.92. The SMILES string of the molecule is CC(C)CN(c1ccc(C(C)C)cn1)S(=O)(=O)c1ccc(OC[C@H]2CCNC[C@H]2F)cc1. The van der Waals surface area contributed by atoms with Crippen molar-refractivity contribution < 1.29 is 17.5 Å². The van der Waals surface area contributed by atoms with E-state index in [4.69, 9.17) is 4.74 Å². The standard InChI is InChI=1S/C24H34FN3O3S/c1-17(2)15-28(24-10-5-19(13-27-24)18(3)4)32(29,30)22-8-6-21(7-9-22)31-16-20-11-12-26-14-23(20)25/h5-10,13,17-18,20,23,26H,11-12,14-16H2,1-4H3/t20-,23-/m1/s1. The normalized spacial score (nSPS) is 19.3. The van der Waals surface area contributed by atoms with E-state index in [2.05, 4.69) is 24.1 Å². The van der Waals surface area contributed by atoms with E-state index in [1.807, 2.05) is 19.9 Å². The molecule has 0 bridgehead atoms. The van der Waals surface area contributed by atoms with Crippen LogP contribution in [-0.2, 0) is 10.0 Å². The van der Waals surface area contributed by atoms with Gasteiger partial charge >= 0.3 is 0 Å². The fourth-order valence-corrected chi connectivity index (χ4v) is 5.22. The number of hydrogen-bond donors (Lipinski definition) is 1. The van der Waals surface area contributed by atoms with Crippen LogP contribution in [0.3, 0.4) is 0 Å². The van der Waals surface area contributed by atoms with Crippen molar-refractivity contribution in [2.75, 3.05) is 30.5 Å². The van der Waals surface area contributed by atoms with Crippen molar-refractivity contribution in [1.82, 2.24) is 10.3 Å². The summed E-state index contributed by atoms with van der Waals surface area (Å²) < 4.78 is 47.9. The lowest BCUT2D eigenvalue weighted by atomic mass is 9.97. The second-order valence-corrected chi connectivity index (χ2v) is 10.9. The molecule has 0 aliphatic carbocycles. The molecule has 1 saturated heterocycles. The number of benzene rings is 1. The Bertz CT molecular complexity index is 963. The molecular weight excluding hydrogens is 429 g/mol. The monoisotopic (exact) mass is 463 g/mol. The fraction of sp³-hybridized carbons (Fsp3) is 0.542. The van der Waals surface area contributed by atoms with Crippen molar-refractivity contribution >= 4 is 15.8 Å². The Balaban J connectivity index is 1.77. The molecule has 8 heteroatoms. The minimum atomic E-state index is -3.80. The number of pyridine rings is 1. The molecule has 3 rings (SSSR count). The average Bonchev–Trinajstić information content (AvgIpc) is 2.77. The van der Waals surface area contributed by atoms with Crippen LogP contribution in [0.2, 0.25) is 0 Å². The van der Waals surface area contributed by atoms with Gasteiger partial charge in [0.15, 0.2) is 0 Å². The third kappa shape index (κ3) is 5.98. The number of nitrogens with zero attached hydrogens (tertiary/aromatic N) is 2. The minimum Gasteiger partial charge on any atom is -0.493 e. The summed E-state index contributed by atoms with van der Waals surface area (Å²) in [5.41, 5.74) is 1.06. The Kier molecular flexibility index (Phi) is 8.11. The molecule has 176 valence electrons. The van der Waals surface area contributed by atoms with Crippen LogP contribution in [0.5, 0.6) is 5.75 Å². The zero-order valence-corrected chi connectivity index (χ0v) is 20.1. The highest BCUT2D eigenvalue weighted by atomic mass is 32.2. The molecular formula is C24H34FN3O3S. The Labute approximate surface area is 191 Å². The second-order valence-electron chi connectivity index (χ2n) is 9.09. The van der Waals surface area contributed by atoms with Gasteiger partial charge in [0.2, 0.25) is 0 Å². The number of rotatable bonds is 9. The van der Waals surface area contributed by atoms with Gasteiger partial charge in [0, 0.05) is 25.2 Å². The van der Waals surface area contributed by atoms with Gasteiger partial charge in [0.25, 0.3) is 10.0 Å². The van der Waals surface area contributed by atoms with Gasteiger partial charge in [-0.2, -0.15) is 0 Å². The second kappa shape index (κ2) is 10.6. The van der Waals surface area contributed by atoms with E-state index in [9.17, 15) is 12.8 Å². The zero-order valence-electron chi connectivity index (χ0n) is 19.3. The number of anilines is 1. The number of nitrogens with one attached hydrogen (secondary N) is 1. The summed E-state index contributed by atoms with van der Waals surface area (Å²) in [5, 5.41) is 3.03. The minimum absolute atomic E-state index is 0.123. The van der Waals surface area contributed by atoms with Crippen molar-refractivity contribution in [3.63, 3.8) is 0 Å². The fourth-order valence-electron chi connectivity index (χ4n) is 3.63. The Hall–Kier alpha value is -2.19. The van der Waals surface area contributed by atoms with Crippen LogP contribution in [-0.4, -0.2) is 45.8 Å². The van der Waals surface area contributed by atoms with E-state index in [-0.39, 0.29) is 23.3 Å². The Morgan fingerprint density at radius 1 is 1.16 bits per heavy atom. The molecule has 0 saturated carbocycles. The number of ether oxygens (including phenoxy) is 1. The van der Waals surface area contributed by atoms with Crippen molar-refractivity contribution in [1.29, 1.82) is 0 Å². The molecule has 0 unspecified atom stereocenters. The quantitative estimate of drug-likeness (QED) is 0.597. The number of halogens is 1. The van der Waals surface area contributed by atoms with Gasteiger partial charge in [0.05, 0.1) is 11.5 Å². The molecule has 1 fully saturated rings. The molecule has 1 aliphatic rings. The van der Waals surface area contributed by atoms with E-state index in [0.717, 1.165) is 18.5 Å². The van der Waals surface area contributed by atoms with Gasteiger partial charge in [-0.25, -0.2) is 22.1 Å². The van der Waals surface area contributed by atoms with Crippen molar-refractivity contribution in [2.45, 2.75) is 51.1 Å². The maximum absolute atomic E-state index is 14.0. The molecule has 1 aromatic carbocycles. The van der Waals surface area contributed by atoms with Crippen molar-refractivity contribution in [2.24, 2.45) is 11.8 Å². The number of piperidine rings is 1. The smallest absolute Gasteiger partial charge is 0.265 e. The summed E-state index contributed by atoms with van der Waals surface area (Å²) in [6.07, 6.45) is 1.53. The molecule has 0 spiro atoms. The number of aromatic nitrogens is 1. The summed E-state index contributed by atoms with van der Waals surface area (Å²) in [4.78, 5) is 4.60. The van der Waals surface area contributed by atoms with Crippen LogP contribution in [0.4, 0.5) is 10.2 Å². The Morgan fingerprint density at radius 2 is 1.88 bits per heavy atom. The van der Waals surface area contributed by atoms with E-state index in [1.54, 1.807) is 24.4 Å². The molecule has 32 heavy (non-hydrogen) atoms. The van der Waals surface area contributed by atoms with Crippen LogP contribution in [0.1, 0.15) is 45.6 Å². The highest BCUT2D eigenvalue weighted by Crippen LogP contribution is 2.27. The van der Waals surface area contributed by atoms with Gasteiger partial charge in [-0.1, -0.05) is 33.8 Å². The third-order valence-electron chi connectivity index (χ3n) is 5.64. The van der Waals surface area contributed by atoms with Crippen molar-refractivity contribution in [3.05, 3.63) is 48.2 Å². The number of sulfonamides is 1. The third-order valence-corrected chi connectivity index (χ3v) is 7.43. The van der Waals surface area contributed by atoms with E-state index < -0.39 is 16.2 Å². The topological polar surface area (TPSA) is 71.5 Å². The van der Waals surface area contributed by atoms with Crippen LogP contribution in [0, 0.1) is 11.8 Å². The van der Waals surface area contributed by atoms with E-state index >= 15 is 0 Å². The predicted molar refractivity (Wildman–Crippen MR) is 126 cm³/mol. The van der Waals surface area contributed by atoms with Gasteiger partial charge in [0.1, 0.15) is 17.7 Å². The average molecular weight is 464 g/mol. The largest absolute Gasteiger partial charge is 0.493 e. The molecule has 0 amide bonds. The van der Waals surface area contributed by atoms with Crippen LogP contribution in [0.25, 0.3) is 0 Å². The molecule has 1 aromatic heterocycles. The first-order chi connectivity index (χ1) is 15.2. The van der Waals surface area contributed by atoms with Gasteiger partial charge in [-0.15, -0.1) is 0 Å². The molecule has 2 heterocycles. The summed E-state index contributed by atoms with van der Waals surface area (Å²) in [5.74, 6) is 1.23. The summed E-state index contributed by atoms with van der Waals surface area (Å²) in [6, 6.07) is 10.0. The van der Waals surface area contributed by atoms with Crippen LogP contribution < -0.4 is 14.4 Å². The molecule has 2 atom stereocenters. The molecule has 1 aliphatic heterocycles. The van der Waals surface area contributed by atoms with Gasteiger partial charge in [-0.3, -0.25) is 0 Å². The number of hydrogen-bond acceptors (Lipinski definition) is 5. The predicted octanol–water partition coefficient (Wildman–Crippen LogP) is 4.38. The molecule has 2 aromatic rings.